The molecule has 0 unspecified atom stereocenters. The lowest BCUT2D eigenvalue weighted by molar-refractivity contribution is -0.139. The van der Waals surface area contributed by atoms with Gasteiger partial charge in [0.05, 0.1) is 26.3 Å². The smallest absolute Gasteiger partial charge is 0.317 e. The molecule has 0 aromatic heterocycles. The summed E-state index contributed by atoms with van der Waals surface area (Å²) in [5.41, 5.74) is 0.440. The number of amides is 1. The molecule has 3 rings (SSSR count). The molecular weight excluding hydrogens is 336 g/mol. The molecule has 0 radical (unpaired) electrons. The van der Waals surface area contributed by atoms with Gasteiger partial charge < -0.3 is 19.9 Å². The van der Waals surface area contributed by atoms with Crippen LogP contribution in [0.1, 0.15) is 36.0 Å². The van der Waals surface area contributed by atoms with Gasteiger partial charge in [-0.15, -0.1) is 0 Å². The number of carboxylic acid groups (broad SMARTS) is 1. The largest absolute Gasteiger partial charge is 0.497 e. The molecule has 26 heavy (non-hydrogen) atoms. The van der Waals surface area contributed by atoms with Crippen molar-refractivity contribution in [3.8, 4) is 11.5 Å². The first kappa shape index (κ1) is 18.5. The summed E-state index contributed by atoms with van der Waals surface area (Å²) in [6, 6.07) is 5.40. The number of rotatable bonds is 9. The van der Waals surface area contributed by atoms with Crippen molar-refractivity contribution in [2.75, 3.05) is 27.3 Å². The minimum atomic E-state index is -0.792. The molecule has 0 saturated heterocycles. The van der Waals surface area contributed by atoms with Gasteiger partial charge in [-0.2, -0.15) is 0 Å². The van der Waals surface area contributed by atoms with E-state index in [0.717, 1.165) is 19.4 Å². The van der Waals surface area contributed by atoms with E-state index in [2.05, 4.69) is 10.2 Å². The monoisotopic (exact) mass is 362 g/mol. The Labute approximate surface area is 153 Å². The topological polar surface area (TPSA) is 88.1 Å². The van der Waals surface area contributed by atoms with E-state index < -0.39 is 5.97 Å². The lowest BCUT2D eigenvalue weighted by Gasteiger charge is -2.42. The predicted octanol–water partition coefficient (Wildman–Crippen LogP) is 1.76. The summed E-state index contributed by atoms with van der Waals surface area (Å²) in [6.45, 7) is 0.923. The van der Waals surface area contributed by atoms with Crippen LogP contribution in [0, 0.1) is 5.92 Å². The zero-order valence-corrected chi connectivity index (χ0v) is 15.2. The first-order chi connectivity index (χ1) is 12.5. The third-order valence-electron chi connectivity index (χ3n) is 5.14. The summed E-state index contributed by atoms with van der Waals surface area (Å²) in [5.74, 6) is 0.749. The molecule has 0 bridgehead atoms. The fourth-order valence-electron chi connectivity index (χ4n) is 3.41. The average molecular weight is 362 g/mol. The normalized spacial score (nSPS) is 21.8. The number of benzene rings is 1. The minimum Gasteiger partial charge on any atom is -0.497 e. The Bertz CT molecular complexity index is 668. The first-order valence-corrected chi connectivity index (χ1v) is 8.99. The fourth-order valence-corrected chi connectivity index (χ4v) is 3.41. The summed E-state index contributed by atoms with van der Waals surface area (Å²) < 4.78 is 10.4. The summed E-state index contributed by atoms with van der Waals surface area (Å²) in [7, 11) is 3.08. The standard InChI is InChI=1S/C19H26N2O5/c1-25-15-5-6-17(26-2)16(9-15)19(24)20-13-7-14(8-13)21(11-18(22)23)10-12-3-4-12/h5-6,9,12-14H,3-4,7-8,10-11H2,1-2H3,(H,20,24)(H,22,23). The molecule has 0 atom stereocenters. The maximum absolute atomic E-state index is 12.6. The number of nitrogens with zero attached hydrogens (tertiary/aromatic N) is 1. The van der Waals surface area contributed by atoms with Gasteiger partial charge in [0, 0.05) is 18.6 Å². The third-order valence-corrected chi connectivity index (χ3v) is 5.14. The highest BCUT2D eigenvalue weighted by Crippen LogP contribution is 2.34. The van der Waals surface area contributed by atoms with Crippen molar-refractivity contribution in [2.45, 2.75) is 37.8 Å². The zero-order chi connectivity index (χ0) is 18.7. The van der Waals surface area contributed by atoms with Gasteiger partial charge in [-0.1, -0.05) is 0 Å². The molecule has 0 spiro atoms. The van der Waals surface area contributed by atoms with Crippen molar-refractivity contribution in [3.05, 3.63) is 23.8 Å². The number of hydrogen-bond donors (Lipinski definition) is 2. The molecule has 2 aliphatic carbocycles. The van der Waals surface area contributed by atoms with E-state index in [4.69, 9.17) is 14.6 Å². The van der Waals surface area contributed by atoms with Crippen LogP contribution in [0.25, 0.3) is 0 Å². The number of hydrogen-bond acceptors (Lipinski definition) is 5. The van der Waals surface area contributed by atoms with Gasteiger partial charge in [0.2, 0.25) is 0 Å². The van der Waals surface area contributed by atoms with Crippen molar-refractivity contribution in [1.82, 2.24) is 10.2 Å². The minimum absolute atomic E-state index is 0.0545. The summed E-state index contributed by atoms with van der Waals surface area (Å²) in [5, 5.41) is 12.1. The summed E-state index contributed by atoms with van der Waals surface area (Å²) in [4.78, 5) is 25.7. The number of ether oxygens (including phenoxy) is 2. The van der Waals surface area contributed by atoms with E-state index in [1.165, 1.54) is 20.0 Å². The van der Waals surface area contributed by atoms with E-state index in [1.54, 1.807) is 25.3 Å². The van der Waals surface area contributed by atoms with Crippen molar-refractivity contribution in [1.29, 1.82) is 0 Å². The maximum Gasteiger partial charge on any atom is 0.317 e. The van der Waals surface area contributed by atoms with Crippen LogP contribution in [-0.2, 0) is 4.79 Å². The Morgan fingerprint density at radius 1 is 1.23 bits per heavy atom. The molecule has 2 N–H and O–H groups in total. The van der Waals surface area contributed by atoms with Crippen LogP contribution in [0.2, 0.25) is 0 Å². The van der Waals surface area contributed by atoms with Crippen molar-refractivity contribution in [2.24, 2.45) is 5.92 Å². The molecule has 2 saturated carbocycles. The maximum atomic E-state index is 12.6. The van der Waals surface area contributed by atoms with E-state index in [-0.39, 0.29) is 24.5 Å². The van der Waals surface area contributed by atoms with Crippen LogP contribution in [0.15, 0.2) is 18.2 Å². The van der Waals surface area contributed by atoms with Crippen LogP contribution in [0.3, 0.4) is 0 Å². The van der Waals surface area contributed by atoms with Crippen LogP contribution >= 0.6 is 0 Å². The Morgan fingerprint density at radius 3 is 2.54 bits per heavy atom. The zero-order valence-electron chi connectivity index (χ0n) is 15.2. The second kappa shape index (κ2) is 7.95. The average Bonchev–Trinajstić information content (AvgIpc) is 3.39. The Morgan fingerprint density at radius 2 is 1.96 bits per heavy atom. The lowest BCUT2D eigenvalue weighted by Crippen LogP contribution is -2.55. The number of carboxylic acids is 1. The Balaban J connectivity index is 1.56. The van der Waals surface area contributed by atoms with Gasteiger partial charge in [-0.3, -0.25) is 14.5 Å². The van der Waals surface area contributed by atoms with Crippen molar-refractivity contribution in [3.63, 3.8) is 0 Å². The Hall–Kier alpha value is -2.28. The number of carbonyl (C=O) groups excluding carboxylic acids is 1. The first-order valence-electron chi connectivity index (χ1n) is 8.99. The van der Waals surface area contributed by atoms with Crippen molar-refractivity contribution < 1.29 is 24.2 Å². The third kappa shape index (κ3) is 4.46. The van der Waals surface area contributed by atoms with Gasteiger partial charge in [0.25, 0.3) is 5.91 Å². The van der Waals surface area contributed by atoms with Gasteiger partial charge in [0.1, 0.15) is 11.5 Å². The molecule has 1 amide bonds. The number of methoxy groups -OCH3 is 2. The van der Waals surface area contributed by atoms with E-state index >= 15 is 0 Å². The van der Waals surface area contributed by atoms with Crippen LogP contribution in [-0.4, -0.2) is 61.3 Å². The predicted molar refractivity (Wildman–Crippen MR) is 95.8 cm³/mol. The number of nitrogens with one attached hydrogen (secondary N) is 1. The van der Waals surface area contributed by atoms with Gasteiger partial charge in [0.15, 0.2) is 0 Å². The molecule has 7 nitrogen and oxygen atoms in total. The highest BCUT2D eigenvalue weighted by molar-refractivity contribution is 5.97. The molecule has 2 fully saturated rings. The van der Waals surface area contributed by atoms with Crippen LogP contribution in [0.5, 0.6) is 11.5 Å². The van der Waals surface area contributed by atoms with E-state index in [0.29, 0.717) is 23.0 Å². The SMILES string of the molecule is COc1ccc(OC)c(C(=O)NC2CC(N(CC(=O)O)CC3CC3)C2)c1. The Kier molecular flexibility index (Phi) is 5.66. The van der Waals surface area contributed by atoms with Gasteiger partial charge >= 0.3 is 5.97 Å². The summed E-state index contributed by atoms with van der Waals surface area (Å²) in [6.07, 6.45) is 3.94. The molecule has 1 aromatic carbocycles. The number of aliphatic carboxylic acids is 1. The second-order valence-electron chi connectivity index (χ2n) is 7.13. The molecule has 1 aromatic rings. The van der Waals surface area contributed by atoms with Gasteiger partial charge in [-0.05, 0) is 49.8 Å². The van der Waals surface area contributed by atoms with E-state index in [1.807, 2.05) is 0 Å². The molecule has 142 valence electrons. The summed E-state index contributed by atoms with van der Waals surface area (Å²) >= 11 is 0. The van der Waals surface area contributed by atoms with Gasteiger partial charge in [-0.25, -0.2) is 0 Å². The molecule has 0 aliphatic heterocycles. The second-order valence-corrected chi connectivity index (χ2v) is 7.13. The molecular formula is C19H26N2O5. The molecule has 0 heterocycles. The van der Waals surface area contributed by atoms with E-state index in [9.17, 15) is 9.59 Å². The fraction of sp³-hybridized carbons (Fsp3) is 0.579. The highest BCUT2D eigenvalue weighted by atomic mass is 16.5. The molecule has 2 aliphatic rings. The highest BCUT2D eigenvalue weighted by Gasteiger charge is 2.38. The van der Waals surface area contributed by atoms with Crippen molar-refractivity contribution >= 4 is 11.9 Å². The quantitative estimate of drug-likeness (QED) is 0.696. The van der Waals surface area contributed by atoms with Crippen LogP contribution < -0.4 is 14.8 Å². The number of carbonyl (C=O) groups is 2. The molecule has 7 heteroatoms. The lowest BCUT2D eigenvalue weighted by atomic mass is 9.85. The van der Waals surface area contributed by atoms with Crippen LogP contribution in [0.4, 0.5) is 0 Å².